The van der Waals surface area contributed by atoms with E-state index in [1.807, 2.05) is 0 Å². The Labute approximate surface area is 140 Å². The van der Waals surface area contributed by atoms with E-state index in [-0.39, 0.29) is 10.9 Å². The van der Waals surface area contributed by atoms with Crippen LogP contribution in [0.4, 0.5) is 0 Å². The van der Waals surface area contributed by atoms with Crippen LogP contribution in [0.25, 0.3) is 0 Å². The smallest absolute Gasteiger partial charge is 0.0592 e. The fraction of sp³-hybridized carbons (Fsp3) is 1.00. The van der Waals surface area contributed by atoms with Gasteiger partial charge in [-0.05, 0) is 49.9 Å². The highest BCUT2D eigenvalue weighted by Crippen LogP contribution is 2.62. The van der Waals surface area contributed by atoms with E-state index in [1.165, 1.54) is 82.8 Å². The Kier molecular flexibility index (Phi) is 7.10. The number of hydrogen-bond donors (Lipinski definition) is 2. The lowest BCUT2D eigenvalue weighted by Crippen LogP contribution is -2.58. The van der Waals surface area contributed by atoms with Crippen LogP contribution < -0.4 is 11.5 Å². The first-order valence-corrected chi connectivity index (χ1v) is 12.0. The molecule has 1 heterocycles. The van der Waals surface area contributed by atoms with Crippen LogP contribution in [-0.2, 0) is 0 Å². The third kappa shape index (κ3) is 4.21. The lowest BCUT2D eigenvalue weighted by atomic mass is 10.0. The summed E-state index contributed by atoms with van der Waals surface area (Å²) in [6, 6.07) is 0.193. The largest absolute Gasteiger partial charge is 0.325 e. The van der Waals surface area contributed by atoms with Gasteiger partial charge in [-0.3, -0.25) is 0 Å². The Morgan fingerprint density at radius 2 is 1.23 bits per heavy atom. The quantitative estimate of drug-likeness (QED) is 0.720. The first-order valence-electron chi connectivity index (χ1n) is 9.77. The summed E-state index contributed by atoms with van der Waals surface area (Å²) in [7, 11) is -0.855. The Morgan fingerprint density at radius 1 is 0.773 bits per heavy atom. The van der Waals surface area contributed by atoms with Crippen LogP contribution in [0.1, 0.15) is 90.4 Å². The molecule has 0 aromatic heterocycles. The maximum absolute atomic E-state index is 7.01. The predicted octanol–water partition coefficient (Wildman–Crippen LogP) is 4.89. The minimum Gasteiger partial charge on any atom is -0.325 e. The molecule has 132 valence electrons. The highest BCUT2D eigenvalue weighted by molar-refractivity contribution is 8.34. The molecule has 0 amide bonds. The Hall–Kier alpha value is 0.270. The zero-order valence-corrected chi connectivity index (χ0v) is 15.9. The highest BCUT2D eigenvalue weighted by atomic mass is 32.3. The fourth-order valence-corrected chi connectivity index (χ4v) is 9.09. The molecule has 3 unspecified atom stereocenters. The summed E-state index contributed by atoms with van der Waals surface area (Å²) >= 11 is 0. The van der Waals surface area contributed by atoms with E-state index >= 15 is 0 Å². The van der Waals surface area contributed by atoms with Crippen LogP contribution in [0, 0.1) is 0 Å². The summed E-state index contributed by atoms with van der Waals surface area (Å²) in [5, 5.41) is 0.852. The molecule has 1 saturated carbocycles. The average Bonchev–Trinajstić information content (AvgIpc) is 2.65. The van der Waals surface area contributed by atoms with E-state index in [1.54, 1.807) is 0 Å². The van der Waals surface area contributed by atoms with Crippen molar-refractivity contribution in [1.29, 1.82) is 0 Å². The number of rotatable bonds is 1. The molecule has 0 aromatic carbocycles. The van der Waals surface area contributed by atoms with Gasteiger partial charge in [0, 0.05) is 6.04 Å². The summed E-state index contributed by atoms with van der Waals surface area (Å²) in [5.74, 6) is 1.36. The SMILES string of the molecule is CC1(N)C(N)CCCCCCS1(C)C1CCCCCCCC1. The topological polar surface area (TPSA) is 52.0 Å². The third-order valence-electron chi connectivity index (χ3n) is 6.61. The van der Waals surface area contributed by atoms with Crippen molar-refractivity contribution in [3.8, 4) is 0 Å². The predicted molar refractivity (Wildman–Crippen MR) is 103 cm³/mol. The minimum absolute atomic E-state index is 0.143. The van der Waals surface area contributed by atoms with E-state index in [0.29, 0.717) is 0 Å². The lowest BCUT2D eigenvalue weighted by molar-refractivity contribution is 0.456. The molecular formula is C19H40N2S. The molecule has 3 heteroatoms. The molecule has 1 aliphatic heterocycles. The number of hydrogen-bond acceptors (Lipinski definition) is 2. The summed E-state index contributed by atoms with van der Waals surface area (Å²) in [5.41, 5.74) is 13.6. The standard InChI is InChI=1S/C19H40N2S/c1-19(21)18(20)15-11-7-8-12-16-22(19,2)17-13-9-5-3-4-6-10-14-17/h17-18H,3-16,20-21H2,1-2H3. The molecule has 1 aliphatic carbocycles. The van der Waals surface area contributed by atoms with Gasteiger partial charge in [-0.25, -0.2) is 10.0 Å². The second-order valence-corrected chi connectivity index (χ2v) is 12.4. The van der Waals surface area contributed by atoms with Gasteiger partial charge in [0.2, 0.25) is 0 Å². The van der Waals surface area contributed by atoms with Crippen molar-refractivity contribution in [1.82, 2.24) is 0 Å². The Morgan fingerprint density at radius 3 is 1.82 bits per heavy atom. The van der Waals surface area contributed by atoms with Crippen LogP contribution in [0.3, 0.4) is 0 Å². The molecule has 0 bridgehead atoms. The second kappa shape index (κ2) is 8.39. The molecule has 1 saturated heterocycles. The van der Waals surface area contributed by atoms with Gasteiger partial charge in [-0.2, -0.15) is 0 Å². The first kappa shape index (κ1) is 18.6. The van der Waals surface area contributed by atoms with Gasteiger partial charge in [0.15, 0.2) is 0 Å². The van der Waals surface area contributed by atoms with Gasteiger partial charge in [-0.1, -0.05) is 57.8 Å². The molecular weight excluding hydrogens is 288 g/mol. The normalized spacial score (nSPS) is 43.5. The third-order valence-corrected chi connectivity index (χ3v) is 12.0. The molecule has 3 atom stereocenters. The summed E-state index contributed by atoms with van der Waals surface area (Å²) in [6.45, 7) is 2.31. The lowest BCUT2D eigenvalue weighted by Gasteiger charge is -2.57. The fourth-order valence-electron chi connectivity index (χ4n) is 4.61. The van der Waals surface area contributed by atoms with Crippen molar-refractivity contribution in [2.45, 2.75) is 107 Å². The summed E-state index contributed by atoms with van der Waals surface area (Å²) in [6.07, 6.45) is 20.5. The second-order valence-electron chi connectivity index (χ2n) is 8.18. The minimum atomic E-state index is -0.855. The molecule has 2 rings (SSSR count). The Bertz CT molecular complexity index is 321. The molecule has 4 N–H and O–H groups in total. The van der Waals surface area contributed by atoms with Gasteiger partial charge in [0.05, 0.1) is 4.87 Å². The van der Waals surface area contributed by atoms with E-state index in [9.17, 15) is 0 Å². The van der Waals surface area contributed by atoms with E-state index < -0.39 is 10.0 Å². The van der Waals surface area contributed by atoms with Crippen molar-refractivity contribution in [2.24, 2.45) is 11.5 Å². The maximum Gasteiger partial charge on any atom is 0.0592 e. The van der Waals surface area contributed by atoms with Gasteiger partial charge in [-0.15, -0.1) is 0 Å². The van der Waals surface area contributed by atoms with Crippen molar-refractivity contribution in [2.75, 3.05) is 12.0 Å². The van der Waals surface area contributed by atoms with Crippen LogP contribution in [0.15, 0.2) is 0 Å². The molecule has 0 radical (unpaired) electrons. The monoisotopic (exact) mass is 328 g/mol. The van der Waals surface area contributed by atoms with Gasteiger partial charge in [0.25, 0.3) is 0 Å². The molecule has 0 spiro atoms. The summed E-state index contributed by atoms with van der Waals surface area (Å²) < 4.78 is 0. The van der Waals surface area contributed by atoms with Crippen LogP contribution >= 0.6 is 10.0 Å². The molecule has 2 fully saturated rings. The van der Waals surface area contributed by atoms with Gasteiger partial charge < -0.3 is 11.5 Å². The van der Waals surface area contributed by atoms with E-state index in [0.717, 1.165) is 11.7 Å². The zero-order valence-electron chi connectivity index (χ0n) is 15.1. The van der Waals surface area contributed by atoms with Crippen LogP contribution in [0.5, 0.6) is 0 Å². The first-order chi connectivity index (χ1) is 10.5. The molecule has 0 aromatic rings. The highest BCUT2D eigenvalue weighted by Gasteiger charge is 2.45. The van der Waals surface area contributed by atoms with Gasteiger partial charge in [0.1, 0.15) is 0 Å². The van der Waals surface area contributed by atoms with Crippen molar-refractivity contribution in [3.05, 3.63) is 0 Å². The maximum atomic E-state index is 7.01. The molecule has 2 aliphatic rings. The molecule has 2 nitrogen and oxygen atoms in total. The average molecular weight is 329 g/mol. The van der Waals surface area contributed by atoms with Crippen molar-refractivity contribution in [3.63, 3.8) is 0 Å². The molecule has 22 heavy (non-hydrogen) atoms. The van der Waals surface area contributed by atoms with Crippen molar-refractivity contribution >= 4 is 10.0 Å². The van der Waals surface area contributed by atoms with Crippen molar-refractivity contribution < 1.29 is 0 Å². The van der Waals surface area contributed by atoms with E-state index in [2.05, 4.69) is 13.2 Å². The number of nitrogens with two attached hydrogens (primary N) is 2. The van der Waals surface area contributed by atoms with Crippen LogP contribution in [-0.4, -0.2) is 28.2 Å². The zero-order chi connectivity index (χ0) is 16.1. The Balaban J connectivity index is 2.22. The van der Waals surface area contributed by atoms with E-state index in [4.69, 9.17) is 11.5 Å². The summed E-state index contributed by atoms with van der Waals surface area (Å²) in [4.78, 5) is -0.143. The van der Waals surface area contributed by atoms with Crippen LogP contribution in [0.2, 0.25) is 0 Å². The van der Waals surface area contributed by atoms with Gasteiger partial charge >= 0.3 is 0 Å².